The van der Waals surface area contributed by atoms with Gasteiger partial charge in [-0.15, -0.1) is 0 Å². The van der Waals surface area contributed by atoms with Crippen LogP contribution in [0.3, 0.4) is 0 Å². The molecule has 6 nitrogen and oxygen atoms in total. The largest absolute Gasteiger partial charge is 0.322 e. The van der Waals surface area contributed by atoms with Gasteiger partial charge in [0.2, 0.25) is 18.2 Å². The zero-order chi connectivity index (χ0) is 24.5. The number of amides is 3. The van der Waals surface area contributed by atoms with Gasteiger partial charge >= 0.3 is 0 Å². The number of imide groups is 1. The molecular weight excluding hydrogens is 452 g/mol. The van der Waals surface area contributed by atoms with Crippen LogP contribution in [-0.4, -0.2) is 47.2 Å². The van der Waals surface area contributed by atoms with Crippen molar-refractivity contribution in [3.63, 3.8) is 0 Å². The van der Waals surface area contributed by atoms with Gasteiger partial charge in [-0.2, -0.15) is 0 Å². The fraction of sp³-hybridized carbons (Fsp3) is 0.667. The van der Waals surface area contributed by atoms with Gasteiger partial charge < -0.3 is 10.2 Å². The molecule has 2 aliphatic carbocycles. The van der Waals surface area contributed by atoms with Gasteiger partial charge in [-0.25, -0.2) is 8.78 Å². The molecule has 8 heteroatoms. The van der Waals surface area contributed by atoms with E-state index in [9.17, 15) is 23.2 Å². The van der Waals surface area contributed by atoms with Crippen molar-refractivity contribution in [1.82, 2.24) is 15.5 Å². The molecule has 3 amide bonds. The highest BCUT2D eigenvalue weighted by Gasteiger charge is 2.39. The molecule has 3 atom stereocenters. The second-order valence-electron chi connectivity index (χ2n) is 10.9. The third-order valence-electron chi connectivity index (χ3n) is 8.57. The minimum absolute atomic E-state index is 0.141. The second-order valence-corrected chi connectivity index (χ2v) is 10.9. The predicted molar refractivity (Wildman–Crippen MR) is 127 cm³/mol. The molecule has 35 heavy (non-hydrogen) atoms. The SMILES string of the molecule is O=C1CCC(N2Cc3cc(C[C@H]4CCCC[C@@H]4NC4CCC(C(F)F)CC4)ccc3C2=O)C(=O)N1. The highest BCUT2D eigenvalue weighted by molar-refractivity contribution is 6.05. The lowest BCUT2D eigenvalue weighted by Gasteiger charge is -2.38. The zero-order valence-corrected chi connectivity index (χ0v) is 20.1. The quantitative estimate of drug-likeness (QED) is 0.596. The fourth-order valence-corrected chi connectivity index (χ4v) is 6.57. The molecule has 2 saturated carbocycles. The van der Waals surface area contributed by atoms with Gasteiger partial charge in [0.05, 0.1) is 0 Å². The molecule has 3 fully saturated rings. The molecular formula is C27H35F2N3O3. The maximum Gasteiger partial charge on any atom is 0.255 e. The molecule has 0 bridgehead atoms. The first-order valence-electron chi connectivity index (χ1n) is 13.2. The number of benzene rings is 1. The molecule has 2 N–H and O–H groups in total. The zero-order valence-electron chi connectivity index (χ0n) is 20.1. The van der Waals surface area contributed by atoms with Crippen LogP contribution >= 0.6 is 0 Å². The molecule has 0 aromatic heterocycles. The lowest BCUT2D eigenvalue weighted by molar-refractivity contribution is -0.136. The molecule has 2 aliphatic heterocycles. The van der Waals surface area contributed by atoms with E-state index >= 15 is 0 Å². The van der Waals surface area contributed by atoms with Gasteiger partial charge in [0.15, 0.2) is 0 Å². The van der Waals surface area contributed by atoms with E-state index in [1.54, 1.807) is 4.90 Å². The third kappa shape index (κ3) is 5.27. The summed E-state index contributed by atoms with van der Waals surface area (Å²) in [7, 11) is 0. The Kier molecular flexibility index (Phi) is 7.19. The molecule has 0 radical (unpaired) electrons. The number of piperidine rings is 1. The Balaban J connectivity index is 1.22. The minimum Gasteiger partial charge on any atom is -0.322 e. The van der Waals surface area contributed by atoms with Crippen molar-refractivity contribution in [3.8, 4) is 0 Å². The van der Waals surface area contributed by atoms with Crippen LogP contribution in [0.4, 0.5) is 8.78 Å². The van der Waals surface area contributed by atoms with E-state index in [1.165, 1.54) is 18.4 Å². The van der Waals surface area contributed by atoms with Crippen molar-refractivity contribution in [3.05, 3.63) is 34.9 Å². The number of carbonyl (C=O) groups is 3. The average molecular weight is 488 g/mol. The van der Waals surface area contributed by atoms with Gasteiger partial charge in [-0.05, 0) is 74.5 Å². The molecule has 1 saturated heterocycles. The molecule has 190 valence electrons. The Labute approximate surface area is 205 Å². The van der Waals surface area contributed by atoms with Crippen LogP contribution < -0.4 is 10.6 Å². The molecule has 5 rings (SSSR count). The maximum absolute atomic E-state index is 13.0. The Morgan fingerprint density at radius 3 is 2.51 bits per heavy atom. The lowest BCUT2D eigenvalue weighted by atomic mass is 9.79. The first-order valence-corrected chi connectivity index (χ1v) is 13.2. The first-order chi connectivity index (χ1) is 16.9. The Morgan fingerprint density at radius 2 is 1.77 bits per heavy atom. The van der Waals surface area contributed by atoms with E-state index in [2.05, 4.69) is 16.7 Å². The van der Waals surface area contributed by atoms with Crippen LogP contribution in [0.5, 0.6) is 0 Å². The monoisotopic (exact) mass is 487 g/mol. The van der Waals surface area contributed by atoms with Gasteiger partial charge in [0.25, 0.3) is 5.91 Å². The van der Waals surface area contributed by atoms with E-state index in [0.717, 1.165) is 37.7 Å². The lowest BCUT2D eigenvalue weighted by Crippen LogP contribution is -2.52. The number of fused-ring (bicyclic) bond motifs is 1. The van der Waals surface area contributed by atoms with E-state index in [-0.39, 0.29) is 24.1 Å². The molecule has 1 unspecified atom stereocenters. The normalized spacial score (nSPS) is 31.6. The standard InChI is InChI=1S/C27H35F2N3O3/c28-25(29)17-6-8-20(9-7-17)30-22-4-2-1-3-18(22)13-16-5-10-21-19(14-16)15-32(27(21)35)23-11-12-24(33)31-26(23)34/h5,10,14,17-18,20,22-23,25,30H,1-4,6-9,11-13,15H2,(H,31,33,34)/t17?,18-,20?,22+,23?/m1/s1. The number of nitrogens with zero attached hydrogens (tertiary/aromatic N) is 1. The number of halogens is 2. The van der Waals surface area contributed by atoms with E-state index in [0.29, 0.717) is 49.4 Å². The van der Waals surface area contributed by atoms with Crippen molar-refractivity contribution in [1.29, 1.82) is 0 Å². The smallest absolute Gasteiger partial charge is 0.255 e. The van der Waals surface area contributed by atoms with Crippen molar-refractivity contribution < 1.29 is 23.2 Å². The van der Waals surface area contributed by atoms with Gasteiger partial charge in [0.1, 0.15) is 6.04 Å². The topological polar surface area (TPSA) is 78.5 Å². The summed E-state index contributed by atoms with van der Waals surface area (Å²) in [5.74, 6) is -0.767. The molecule has 0 spiro atoms. The van der Waals surface area contributed by atoms with Crippen molar-refractivity contribution in [2.24, 2.45) is 11.8 Å². The van der Waals surface area contributed by atoms with Gasteiger partial charge in [-0.1, -0.05) is 25.0 Å². The van der Waals surface area contributed by atoms with Crippen LogP contribution in [-0.2, 0) is 22.6 Å². The number of nitrogens with one attached hydrogen (secondary N) is 2. The van der Waals surface area contributed by atoms with Gasteiger partial charge in [-0.3, -0.25) is 19.7 Å². The number of hydrogen-bond donors (Lipinski definition) is 2. The summed E-state index contributed by atoms with van der Waals surface area (Å²) in [6.45, 7) is 0.397. The summed E-state index contributed by atoms with van der Waals surface area (Å²) in [6, 6.07) is 6.16. The third-order valence-corrected chi connectivity index (χ3v) is 8.57. The van der Waals surface area contributed by atoms with Crippen LogP contribution in [0, 0.1) is 11.8 Å². The Bertz CT molecular complexity index is 976. The van der Waals surface area contributed by atoms with Crippen molar-refractivity contribution in [2.75, 3.05) is 0 Å². The van der Waals surface area contributed by atoms with Gasteiger partial charge in [0, 0.05) is 36.5 Å². The second kappa shape index (κ2) is 10.3. The van der Waals surface area contributed by atoms with E-state index in [1.807, 2.05) is 12.1 Å². The number of rotatable bonds is 6. The summed E-state index contributed by atoms with van der Waals surface area (Å²) >= 11 is 0. The summed E-state index contributed by atoms with van der Waals surface area (Å²) in [5.41, 5.74) is 2.79. The number of carbonyl (C=O) groups excluding carboxylic acids is 3. The summed E-state index contributed by atoms with van der Waals surface area (Å²) < 4.78 is 26.0. The van der Waals surface area contributed by atoms with Crippen LogP contribution in [0.15, 0.2) is 18.2 Å². The highest BCUT2D eigenvalue weighted by atomic mass is 19.3. The summed E-state index contributed by atoms with van der Waals surface area (Å²) in [5, 5.41) is 6.18. The van der Waals surface area contributed by atoms with E-state index < -0.39 is 18.4 Å². The molecule has 2 heterocycles. The molecule has 1 aromatic carbocycles. The van der Waals surface area contributed by atoms with E-state index in [4.69, 9.17) is 0 Å². The summed E-state index contributed by atoms with van der Waals surface area (Å²) in [4.78, 5) is 38.4. The first kappa shape index (κ1) is 24.3. The fourth-order valence-electron chi connectivity index (χ4n) is 6.57. The predicted octanol–water partition coefficient (Wildman–Crippen LogP) is 3.96. The van der Waals surface area contributed by atoms with Crippen molar-refractivity contribution >= 4 is 17.7 Å². The summed E-state index contributed by atoms with van der Waals surface area (Å²) in [6.07, 6.45) is 6.87. The highest BCUT2D eigenvalue weighted by Crippen LogP contribution is 2.34. The van der Waals surface area contributed by atoms with Crippen LogP contribution in [0.25, 0.3) is 0 Å². The Morgan fingerprint density at radius 1 is 1.00 bits per heavy atom. The average Bonchev–Trinajstić information content (AvgIpc) is 3.16. The van der Waals surface area contributed by atoms with Crippen LogP contribution in [0.2, 0.25) is 0 Å². The molecule has 1 aromatic rings. The van der Waals surface area contributed by atoms with Crippen LogP contribution in [0.1, 0.15) is 85.7 Å². The maximum atomic E-state index is 13.0. The molecule has 4 aliphatic rings. The number of alkyl halides is 2. The minimum atomic E-state index is -2.20. The van der Waals surface area contributed by atoms with Crippen molar-refractivity contribution in [2.45, 2.75) is 102 Å². The number of hydrogen-bond acceptors (Lipinski definition) is 4. The Hall–Kier alpha value is -2.35.